The summed E-state index contributed by atoms with van der Waals surface area (Å²) in [5, 5.41) is 4.23. The first kappa shape index (κ1) is 17.2. The largest absolute Gasteiger partial charge is 0.316 e. The Bertz CT molecular complexity index is 846. The minimum Gasteiger partial charge on any atom is -0.316 e. The molecule has 134 valence electrons. The maximum Gasteiger partial charge on any atom is 0.188 e. The van der Waals surface area contributed by atoms with Crippen molar-refractivity contribution in [2.24, 2.45) is 5.92 Å². The first-order chi connectivity index (χ1) is 12.8. The Balaban J connectivity index is 1.43. The van der Waals surface area contributed by atoms with Crippen LogP contribution in [-0.4, -0.2) is 28.0 Å². The number of rotatable bonds is 5. The lowest BCUT2D eigenvalue weighted by atomic mass is 10.00. The van der Waals surface area contributed by atoms with Crippen LogP contribution in [-0.2, 0) is 6.54 Å². The second kappa shape index (κ2) is 7.98. The van der Waals surface area contributed by atoms with Gasteiger partial charge < -0.3 is 5.32 Å². The van der Waals surface area contributed by atoms with E-state index in [1.807, 2.05) is 18.5 Å². The van der Waals surface area contributed by atoms with Crippen molar-refractivity contribution in [2.75, 3.05) is 18.4 Å². The van der Waals surface area contributed by atoms with Gasteiger partial charge >= 0.3 is 0 Å². The van der Waals surface area contributed by atoms with Gasteiger partial charge in [0.1, 0.15) is 5.82 Å². The van der Waals surface area contributed by atoms with Crippen molar-refractivity contribution >= 4 is 22.3 Å². The Labute approximate surface area is 158 Å². The van der Waals surface area contributed by atoms with Gasteiger partial charge in [-0.05, 0) is 48.6 Å². The minimum absolute atomic E-state index is 0.801. The predicted octanol–water partition coefficient (Wildman–Crippen LogP) is 5.18. The standard InChI is InChI=1S/C21H24N4S/c1-16-6-5-11-25(14-16)15-17-9-10-22-20(12-17)24-21-23-13-19(26-21)18-7-3-2-4-8-18/h2-4,7-10,12-13,16H,5-6,11,14-15H2,1H3,(H,22,23,24). The molecule has 4 rings (SSSR count). The summed E-state index contributed by atoms with van der Waals surface area (Å²) in [4.78, 5) is 12.7. The van der Waals surface area contributed by atoms with Crippen molar-refractivity contribution in [1.82, 2.24) is 14.9 Å². The number of piperidine rings is 1. The number of thiazole rings is 1. The molecule has 1 unspecified atom stereocenters. The van der Waals surface area contributed by atoms with Crippen LogP contribution in [0.4, 0.5) is 10.9 Å². The van der Waals surface area contributed by atoms with Gasteiger partial charge in [-0.3, -0.25) is 4.90 Å². The number of anilines is 2. The Hall–Kier alpha value is -2.24. The molecule has 5 heteroatoms. The maximum atomic E-state index is 4.50. The minimum atomic E-state index is 0.801. The molecule has 3 aromatic rings. The Morgan fingerprint density at radius 3 is 2.92 bits per heavy atom. The third kappa shape index (κ3) is 4.29. The van der Waals surface area contributed by atoms with E-state index in [-0.39, 0.29) is 0 Å². The molecule has 0 radical (unpaired) electrons. The highest BCUT2D eigenvalue weighted by Crippen LogP contribution is 2.30. The van der Waals surface area contributed by atoms with Crippen molar-refractivity contribution < 1.29 is 0 Å². The highest BCUT2D eigenvalue weighted by molar-refractivity contribution is 7.18. The van der Waals surface area contributed by atoms with Crippen LogP contribution in [0.25, 0.3) is 10.4 Å². The molecule has 1 aliphatic heterocycles. The van der Waals surface area contributed by atoms with Gasteiger partial charge in [0.2, 0.25) is 0 Å². The molecule has 1 N–H and O–H groups in total. The van der Waals surface area contributed by atoms with E-state index in [4.69, 9.17) is 0 Å². The molecule has 0 saturated carbocycles. The van der Waals surface area contributed by atoms with Gasteiger partial charge in [-0.2, -0.15) is 0 Å². The second-order valence-corrected chi connectivity index (χ2v) is 8.08. The molecule has 1 fully saturated rings. The molecule has 0 amide bonds. The highest BCUT2D eigenvalue weighted by Gasteiger charge is 2.16. The second-order valence-electron chi connectivity index (χ2n) is 7.05. The molecule has 1 aromatic carbocycles. The van der Waals surface area contributed by atoms with E-state index in [1.54, 1.807) is 11.3 Å². The quantitative estimate of drug-likeness (QED) is 0.677. The number of hydrogen-bond donors (Lipinski definition) is 1. The summed E-state index contributed by atoms with van der Waals surface area (Å²) in [5.74, 6) is 1.66. The zero-order valence-electron chi connectivity index (χ0n) is 15.1. The predicted molar refractivity (Wildman–Crippen MR) is 109 cm³/mol. The Kier molecular flexibility index (Phi) is 5.27. The zero-order valence-corrected chi connectivity index (χ0v) is 15.9. The van der Waals surface area contributed by atoms with Crippen LogP contribution in [0.5, 0.6) is 0 Å². The monoisotopic (exact) mass is 364 g/mol. The smallest absolute Gasteiger partial charge is 0.188 e. The molecular formula is C21H24N4S. The topological polar surface area (TPSA) is 41.1 Å². The van der Waals surface area contributed by atoms with E-state index in [9.17, 15) is 0 Å². The summed E-state index contributed by atoms with van der Waals surface area (Å²) >= 11 is 1.65. The summed E-state index contributed by atoms with van der Waals surface area (Å²) in [7, 11) is 0. The van der Waals surface area contributed by atoms with Crippen LogP contribution in [0.2, 0.25) is 0 Å². The van der Waals surface area contributed by atoms with Gasteiger partial charge in [0.05, 0.1) is 4.88 Å². The van der Waals surface area contributed by atoms with Crippen molar-refractivity contribution in [3.63, 3.8) is 0 Å². The first-order valence-corrected chi connectivity index (χ1v) is 10.0. The molecular weight excluding hydrogens is 340 g/mol. The van der Waals surface area contributed by atoms with Crippen molar-refractivity contribution in [1.29, 1.82) is 0 Å². The van der Waals surface area contributed by atoms with E-state index in [2.05, 4.69) is 63.5 Å². The van der Waals surface area contributed by atoms with Gasteiger partial charge in [-0.25, -0.2) is 9.97 Å². The first-order valence-electron chi connectivity index (χ1n) is 9.22. The fourth-order valence-corrected chi connectivity index (χ4v) is 4.34. The van der Waals surface area contributed by atoms with E-state index < -0.39 is 0 Å². The molecule has 1 saturated heterocycles. The van der Waals surface area contributed by atoms with Gasteiger partial charge in [-0.15, -0.1) is 0 Å². The molecule has 0 bridgehead atoms. The third-order valence-corrected chi connectivity index (χ3v) is 5.73. The van der Waals surface area contributed by atoms with Crippen molar-refractivity contribution in [3.8, 4) is 10.4 Å². The van der Waals surface area contributed by atoms with E-state index in [0.717, 1.165) is 28.3 Å². The van der Waals surface area contributed by atoms with Gasteiger partial charge in [0, 0.05) is 25.5 Å². The van der Waals surface area contributed by atoms with Crippen molar-refractivity contribution in [3.05, 3.63) is 60.4 Å². The molecule has 4 nitrogen and oxygen atoms in total. The van der Waals surface area contributed by atoms with Crippen LogP contribution in [0, 0.1) is 5.92 Å². The third-order valence-electron chi connectivity index (χ3n) is 4.77. The van der Waals surface area contributed by atoms with E-state index in [0.29, 0.717) is 0 Å². The molecule has 0 aliphatic carbocycles. The SMILES string of the molecule is CC1CCCN(Cc2ccnc(Nc3ncc(-c4ccccc4)s3)c2)C1. The Morgan fingerprint density at radius 2 is 2.08 bits per heavy atom. The molecule has 1 aliphatic rings. The van der Waals surface area contributed by atoms with Gasteiger partial charge in [0.25, 0.3) is 0 Å². The molecule has 0 spiro atoms. The molecule has 3 heterocycles. The summed E-state index contributed by atoms with van der Waals surface area (Å²) < 4.78 is 0. The number of pyridine rings is 1. The average Bonchev–Trinajstić information content (AvgIpc) is 3.11. The van der Waals surface area contributed by atoms with Crippen LogP contribution in [0.3, 0.4) is 0 Å². The van der Waals surface area contributed by atoms with Crippen LogP contribution < -0.4 is 5.32 Å². The lowest BCUT2D eigenvalue weighted by molar-refractivity contribution is 0.176. The number of nitrogens with one attached hydrogen (secondary N) is 1. The lowest BCUT2D eigenvalue weighted by Gasteiger charge is -2.30. The zero-order chi connectivity index (χ0) is 17.8. The Morgan fingerprint density at radius 1 is 1.19 bits per heavy atom. The number of nitrogens with zero attached hydrogens (tertiary/aromatic N) is 3. The number of benzene rings is 1. The number of hydrogen-bond acceptors (Lipinski definition) is 5. The number of likely N-dealkylation sites (tertiary alicyclic amines) is 1. The number of aromatic nitrogens is 2. The van der Waals surface area contributed by atoms with Crippen LogP contribution >= 0.6 is 11.3 Å². The summed E-state index contributed by atoms with van der Waals surface area (Å²) in [6.45, 7) is 5.73. The fraction of sp³-hybridized carbons (Fsp3) is 0.333. The average molecular weight is 365 g/mol. The highest BCUT2D eigenvalue weighted by atomic mass is 32.1. The van der Waals surface area contributed by atoms with E-state index >= 15 is 0 Å². The van der Waals surface area contributed by atoms with E-state index in [1.165, 1.54) is 37.1 Å². The van der Waals surface area contributed by atoms with Gasteiger partial charge in [0.15, 0.2) is 5.13 Å². The van der Waals surface area contributed by atoms with Gasteiger partial charge in [-0.1, -0.05) is 48.6 Å². The fourth-order valence-electron chi connectivity index (χ4n) is 3.51. The van der Waals surface area contributed by atoms with Crippen molar-refractivity contribution in [2.45, 2.75) is 26.3 Å². The molecule has 26 heavy (non-hydrogen) atoms. The lowest BCUT2D eigenvalue weighted by Crippen LogP contribution is -2.33. The molecule has 1 atom stereocenters. The maximum absolute atomic E-state index is 4.50. The van der Waals surface area contributed by atoms with Crippen LogP contribution in [0.15, 0.2) is 54.9 Å². The molecule has 2 aromatic heterocycles. The normalized spacial score (nSPS) is 18.0. The summed E-state index contributed by atoms with van der Waals surface area (Å²) in [6, 6.07) is 14.6. The van der Waals surface area contributed by atoms with Crippen LogP contribution in [0.1, 0.15) is 25.3 Å². The summed E-state index contributed by atoms with van der Waals surface area (Å²) in [6.07, 6.45) is 6.46. The summed E-state index contributed by atoms with van der Waals surface area (Å²) in [5.41, 5.74) is 2.50.